The van der Waals surface area contributed by atoms with E-state index in [1.807, 2.05) is 60.7 Å². The number of ether oxygens (including phenoxy) is 2. The van der Waals surface area contributed by atoms with Crippen molar-refractivity contribution in [2.24, 2.45) is 0 Å². The van der Waals surface area contributed by atoms with Gasteiger partial charge in [0.05, 0.1) is 24.4 Å². The highest BCUT2D eigenvalue weighted by Crippen LogP contribution is 2.35. The molecule has 3 heterocycles. The van der Waals surface area contributed by atoms with Crippen LogP contribution in [0.1, 0.15) is 12.0 Å². The number of nitrogens with one attached hydrogen (secondary N) is 3. The zero-order valence-corrected chi connectivity index (χ0v) is 16.9. The number of hydrogen-bond acceptors (Lipinski definition) is 7. The lowest BCUT2D eigenvalue weighted by Gasteiger charge is -2.42. The highest BCUT2D eigenvalue weighted by molar-refractivity contribution is 5.88. The molecule has 3 N–H and O–H groups in total. The normalized spacial score (nSPS) is 23.5. The molecule has 3 aliphatic heterocycles. The van der Waals surface area contributed by atoms with Crippen LogP contribution < -0.4 is 20.9 Å². The molecule has 0 aliphatic carbocycles. The van der Waals surface area contributed by atoms with Gasteiger partial charge in [0, 0.05) is 18.2 Å². The van der Waals surface area contributed by atoms with E-state index in [1.54, 1.807) is 4.90 Å². The Hall–Kier alpha value is -3.54. The summed E-state index contributed by atoms with van der Waals surface area (Å²) in [7, 11) is 0. The number of benzene rings is 2. The summed E-state index contributed by atoms with van der Waals surface area (Å²) >= 11 is 0. The van der Waals surface area contributed by atoms with E-state index < -0.39 is 6.04 Å². The van der Waals surface area contributed by atoms with E-state index in [9.17, 15) is 10.1 Å². The Kier molecular flexibility index (Phi) is 4.98. The Bertz CT molecular complexity index is 1040. The van der Waals surface area contributed by atoms with Gasteiger partial charge in [-0.05, 0) is 36.8 Å². The molecule has 0 aromatic heterocycles. The molecule has 8 nitrogen and oxygen atoms in total. The summed E-state index contributed by atoms with van der Waals surface area (Å²) < 4.78 is 11.3. The van der Waals surface area contributed by atoms with E-state index in [4.69, 9.17) is 9.47 Å². The van der Waals surface area contributed by atoms with E-state index in [0.717, 1.165) is 23.4 Å². The van der Waals surface area contributed by atoms with Gasteiger partial charge in [-0.2, -0.15) is 5.26 Å². The number of hydrogen-bond donors (Lipinski definition) is 3. The van der Waals surface area contributed by atoms with E-state index in [1.165, 1.54) is 0 Å². The van der Waals surface area contributed by atoms with Crippen LogP contribution in [-0.2, 0) is 9.53 Å². The number of rotatable bonds is 5. The first-order valence-corrected chi connectivity index (χ1v) is 10.3. The third-order valence-electron chi connectivity index (χ3n) is 5.94. The Morgan fingerprint density at radius 1 is 1.19 bits per heavy atom. The van der Waals surface area contributed by atoms with Crippen molar-refractivity contribution in [1.29, 1.82) is 5.26 Å². The topological polar surface area (TPSA) is 98.7 Å². The molecule has 0 bridgehead atoms. The first-order chi connectivity index (χ1) is 15.2. The first-order valence-electron chi connectivity index (χ1n) is 10.3. The Balaban J connectivity index is 1.27. The van der Waals surface area contributed by atoms with Crippen LogP contribution in [0, 0.1) is 11.5 Å². The smallest absolute Gasteiger partial charge is 0.243 e. The standard InChI is InChI=1S/C23H23N5O3/c24-15-28-12-16(11-23(28)13-30-14-23)25-22(29)20-10-19(26-27-20)18-8-4-5-9-21(18)31-17-6-2-1-3-7-17/h1-10,16,20,26-27H,11-14H2,(H,25,29)/t16-,20?/m0/s1. The number of likely N-dealkylation sites (tertiary alicyclic amines) is 1. The molecule has 1 amide bonds. The number of carbonyl (C=O) groups excluding carboxylic acids is 1. The molecule has 1 spiro atoms. The van der Waals surface area contributed by atoms with Crippen LogP contribution in [0.3, 0.4) is 0 Å². The molecule has 0 radical (unpaired) electrons. The second-order valence-corrected chi connectivity index (χ2v) is 8.08. The largest absolute Gasteiger partial charge is 0.457 e. The van der Waals surface area contributed by atoms with E-state index in [0.29, 0.717) is 25.5 Å². The Morgan fingerprint density at radius 2 is 1.97 bits per heavy atom. The quantitative estimate of drug-likeness (QED) is 0.638. The molecule has 2 aromatic rings. The van der Waals surface area contributed by atoms with Crippen LogP contribution in [0.25, 0.3) is 5.70 Å². The molecule has 2 aromatic carbocycles. The molecule has 158 valence electrons. The van der Waals surface area contributed by atoms with Gasteiger partial charge in [-0.25, -0.2) is 5.43 Å². The van der Waals surface area contributed by atoms with Crippen LogP contribution in [0.4, 0.5) is 0 Å². The molecule has 3 aliphatic rings. The maximum Gasteiger partial charge on any atom is 0.243 e. The fraction of sp³-hybridized carbons (Fsp3) is 0.304. The van der Waals surface area contributed by atoms with Crippen LogP contribution in [0.15, 0.2) is 60.7 Å². The van der Waals surface area contributed by atoms with E-state index >= 15 is 0 Å². The van der Waals surface area contributed by atoms with Crippen molar-refractivity contribution < 1.29 is 14.3 Å². The molecular formula is C23H23N5O3. The van der Waals surface area contributed by atoms with Crippen molar-refractivity contribution in [1.82, 2.24) is 21.1 Å². The molecule has 0 saturated carbocycles. The molecule has 31 heavy (non-hydrogen) atoms. The third kappa shape index (κ3) is 3.69. The highest BCUT2D eigenvalue weighted by atomic mass is 16.5. The van der Waals surface area contributed by atoms with E-state index in [-0.39, 0.29) is 17.5 Å². The summed E-state index contributed by atoms with van der Waals surface area (Å²) in [5.41, 5.74) is 7.52. The zero-order chi connectivity index (χ0) is 21.3. The summed E-state index contributed by atoms with van der Waals surface area (Å²) in [6.45, 7) is 1.59. The summed E-state index contributed by atoms with van der Waals surface area (Å²) in [4.78, 5) is 14.6. The SMILES string of the molecule is N#CN1C[C@@H](NC(=O)C2C=C(c3ccccc3Oc3ccccc3)NN2)CC12COC2. The minimum absolute atomic E-state index is 0.0796. The van der Waals surface area contributed by atoms with Crippen LogP contribution >= 0.6 is 0 Å². The lowest BCUT2D eigenvalue weighted by Crippen LogP contribution is -2.57. The monoisotopic (exact) mass is 417 g/mol. The van der Waals surface area contributed by atoms with Crippen molar-refractivity contribution in [3.63, 3.8) is 0 Å². The van der Waals surface area contributed by atoms with Crippen molar-refractivity contribution in [3.8, 4) is 17.7 Å². The van der Waals surface area contributed by atoms with Gasteiger partial charge in [-0.1, -0.05) is 30.3 Å². The van der Waals surface area contributed by atoms with Gasteiger partial charge in [0.1, 0.15) is 17.5 Å². The molecule has 2 fully saturated rings. The molecule has 2 atom stereocenters. The van der Waals surface area contributed by atoms with Gasteiger partial charge in [0.2, 0.25) is 5.91 Å². The molecule has 8 heteroatoms. The van der Waals surface area contributed by atoms with Gasteiger partial charge in [0.25, 0.3) is 0 Å². The second-order valence-electron chi connectivity index (χ2n) is 8.08. The van der Waals surface area contributed by atoms with Crippen molar-refractivity contribution in [2.45, 2.75) is 24.0 Å². The van der Waals surface area contributed by atoms with Crippen LogP contribution in [-0.4, -0.2) is 48.2 Å². The number of hydrazine groups is 1. The van der Waals surface area contributed by atoms with Crippen molar-refractivity contribution in [2.75, 3.05) is 19.8 Å². The average molecular weight is 417 g/mol. The molecule has 1 unspecified atom stereocenters. The fourth-order valence-corrected chi connectivity index (χ4v) is 4.29. The van der Waals surface area contributed by atoms with Crippen LogP contribution in [0.5, 0.6) is 11.5 Å². The maximum absolute atomic E-state index is 12.8. The zero-order valence-electron chi connectivity index (χ0n) is 16.9. The van der Waals surface area contributed by atoms with Gasteiger partial charge in [0.15, 0.2) is 6.19 Å². The summed E-state index contributed by atoms with van der Waals surface area (Å²) in [6, 6.07) is 16.7. The fourth-order valence-electron chi connectivity index (χ4n) is 4.29. The minimum atomic E-state index is -0.524. The lowest BCUT2D eigenvalue weighted by atomic mass is 9.93. The number of amides is 1. The Labute approximate surface area is 180 Å². The predicted molar refractivity (Wildman–Crippen MR) is 113 cm³/mol. The van der Waals surface area contributed by atoms with Gasteiger partial charge >= 0.3 is 0 Å². The predicted octanol–water partition coefficient (Wildman–Crippen LogP) is 1.74. The number of carbonyl (C=O) groups is 1. The lowest BCUT2D eigenvalue weighted by molar-refractivity contribution is -0.123. The minimum Gasteiger partial charge on any atom is -0.457 e. The number of nitrogens with zero attached hydrogens (tertiary/aromatic N) is 2. The summed E-state index contributed by atoms with van der Waals surface area (Å²) in [5, 5.41) is 12.5. The molecule has 2 saturated heterocycles. The maximum atomic E-state index is 12.8. The van der Waals surface area contributed by atoms with Crippen LogP contribution in [0.2, 0.25) is 0 Å². The third-order valence-corrected chi connectivity index (χ3v) is 5.94. The summed E-state index contributed by atoms with van der Waals surface area (Å²) in [5.74, 6) is 1.31. The number of para-hydroxylation sites is 2. The van der Waals surface area contributed by atoms with Crippen molar-refractivity contribution in [3.05, 3.63) is 66.2 Å². The van der Waals surface area contributed by atoms with E-state index in [2.05, 4.69) is 22.4 Å². The van der Waals surface area contributed by atoms with Crippen molar-refractivity contribution >= 4 is 11.6 Å². The average Bonchev–Trinajstić information content (AvgIpc) is 3.40. The summed E-state index contributed by atoms with van der Waals surface area (Å²) in [6.07, 6.45) is 4.80. The molecular weight excluding hydrogens is 394 g/mol. The second kappa shape index (κ2) is 7.95. The van der Waals surface area contributed by atoms with Gasteiger partial charge in [-0.15, -0.1) is 0 Å². The first kappa shape index (κ1) is 19.4. The van der Waals surface area contributed by atoms with Gasteiger partial charge < -0.3 is 20.2 Å². The Morgan fingerprint density at radius 3 is 2.68 bits per heavy atom. The number of nitriles is 1. The highest BCUT2D eigenvalue weighted by Gasteiger charge is 2.51. The van der Waals surface area contributed by atoms with Gasteiger partial charge in [-0.3, -0.25) is 9.69 Å². The molecule has 5 rings (SSSR count).